The van der Waals surface area contributed by atoms with E-state index in [9.17, 15) is 5.11 Å². The molecule has 6 heteroatoms. The van der Waals surface area contributed by atoms with Crippen molar-refractivity contribution in [1.82, 2.24) is 10.2 Å². The Morgan fingerprint density at radius 2 is 2.00 bits per heavy atom. The van der Waals surface area contributed by atoms with Crippen LogP contribution in [-0.2, 0) is 4.74 Å². The number of ether oxygens (including phenoxy) is 1. The molecule has 1 N–H and O–H groups in total. The van der Waals surface area contributed by atoms with Crippen LogP contribution in [0.1, 0.15) is 0 Å². The number of hydrogen-bond donors (Lipinski definition) is 1. The molecule has 0 radical (unpaired) electrons. The van der Waals surface area contributed by atoms with E-state index in [4.69, 9.17) is 9.15 Å². The Morgan fingerprint density at radius 3 is 2.82 bits per heavy atom. The summed E-state index contributed by atoms with van der Waals surface area (Å²) in [7, 11) is 1.55. The van der Waals surface area contributed by atoms with E-state index in [1.54, 1.807) is 7.11 Å². The molecule has 0 aliphatic heterocycles. The van der Waals surface area contributed by atoms with Gasteiger partial charge < -0.3 is 14.3 Å². The maximum atomic E-state index is 9.62. The van der Waals surface area contributed by atoms with Crippen LogP contribution in [0.5, 0.6) is 0 Å². The van der Waals surface area contributed by atoms with Crippen LogP contribution in [0.3, 0.4) is 0 Å². The number of rotatable bonds is 6. The van der Waals surface area contributed by atoms with Gasteiger partial charge in [0.25, 0.3) is 5.22 Å². The van der Waals surface area contributed by atoms with Crippen molar-refractivity contribution in [2.24, 2.45) is 0 Å². The first-order chi connectivity index (χ1) is 10.8. The molecule has 0 amide bonds. The number of hydrogen-bond acceptors (Lipinski definition) is 6. The Bertz CT molecular complexity index is 760. The molecular formula is C16H16N2O3S. The topological polar surface area (TPSA) is 68.4 Å². The summed E-state index contributed by atoms with van der Waals surface area (Å²) in [6.45, 7) is 0.290. The van der Waals surface area contributed by atoms with E-state index >= 15 is 0 Å². The van der Waals surface area contributed by atoms with Crippen molar-refractivity contribution in [2.45, 2.75) is 11.3 Å². The number of aliphatic hydroxyl groups excluding tert-OH is 1. The molecule has 0 spiro atoms. The van der Waals surface area contributed by atoms with Crippen LogP contribution < -0.4 is 0 Å². The molecule has 0 aliphatic carbocycles. The molecule has 3 rings (SSSR count). The van der Waals surface area contributed by atoms with Gasteiger partial charge in [0.05, 0.1) is 12.7 Å². The lowest BCUT2D eigenvalue weighted by atomic mass is 10.1. The van der Waals surface area contributed by atoms with Crippen molar-refractivity contribution < 1.29 is 14.3 Å². The predicted molar refractivity (Wildman–Crippen MR) is 85.8 cm³/mol. The highest BCUT2D eigenvalue weighted by Gasteiger charge is 2.12. The van der Waals surface area contributed by atoms with Crippen molar-refractivity contribution in [1.29, 1.82) is 0 Å². The summed E-state index contributed by atoms with van der Waals surface area (Å²) >= 11 is 1.32. The Balaban J connectivity index is 1.74. The average Bonchev–Trinajstić information content (AvgIpc) is 3.02. The Morgan fingerprint density at radius 1 is 1.18 bits per heavy atom. The van der Waals surface area contributed by atoms with Crippen molar-refractivity contribution in [2.75, 3.05) is 19.5 Å². The third-order valence-electron chi connectivity index (χ3n) is 3.16. The fourth-order valence-electron chi connectivity index (χ4n) is 2.12. The standard InChI is InChI=1S/C16H16N2O3S/c1-20-9-14(19)10-22-16-18-17-15(21-16)13-7-6-11-4-2-3-5-12(11)8-13/h2-8,14,19H,9-10H2,1H3/t14-/m1/s1. The van der Waals surface area contributed by atoms with Crippen LogP contribution in [0.2, 0.25) is 0 Å². The third kappa shape index (κ3) is 3.47. The summed E-state index contributed by atoms with van der Waals surface area (Å²) in [6, 6.07) is 14.1. The lowest BCUT2D eigenvalue weighted by Gasteiger charge is -2.05. The van der Waals surface area contributed by atoms with Crippen LogP contribution in [0, 0.1) is 0 Å². The zero-order chi connectivity index (χ0) is 15.4. The van der Waals surface area contributed by atoms with Gasteiger partial charge in [-0.2, -0.15) is 0 Å². The van der Waals surface area contributed by atoms with Gasteiger partial charge in [0, 0.05) is 18.4 Å². The fraction of sp³-hybridized carbons (Fsp3) is 0.250. The summed E-state index contributed by atoms with van der Waals surface area (Å²) < 4.78 is 10.5. The molecular weight excluding hydrogens is 300 g/mol. The van der Waals surface area contributed by atoms with Gasteiger partial charge in [0.1, 0.15) is 0 Å². The van der Waals surface area contributed by atoms with E-state index in [0.29, 0.717) is 23.5 Å². The smallest absolute Gasteiger partial charge is 0.276 e. The average molecular weight is 316 g/mol. The molecule has 1 heterocycles. The van der Waals surface area contributed by atoms with Gasteiger partial charge in [-0.1, -0.05) is 42.1 Å². The molecule has 0 unspecified atom stereocenters. The van der Waals surface area contributed by atoms with Gasteiger partial charge in [0.15, 0.2) is 0 Å². The molecule has 22 heavy (non-hydrogen) atoms. The van der Waals surface area contributed by atoms with Gasteiger partial charge in [-0.25, -0.2) is 0 Å². The normalized spacial score (nSPS) is 12.6. The molecule has 3 aromatic rings. The number of nitrogens with zero attached hydrogens (tertiary/aromatic N) is 2. The lowest BCUT2D eigenvalue weighted by molar-refractivity contribution is 0.0793. The molecule has 5 nitrogen and oxygen atoms in total. The first-order valence-corrected chi connectivity index (χ1v) is 7.87. The number of fused-ring (bicyclic) bond motifs is 1. The zero-order valence-corrected chi connectivity index (χ0v) is 12.9. The molecule has 0 bridgehead atoms. The predicted octanol–water partition coefficient (Wildman–Crippen LogP) is 2.99. The minimum Gasteiger partial charge on any atom is -0.411 e. The lowest BCUT2D eigenvalue weighted by Crippen LogP contribution is -2.16. The highest BCUT2D eigenvalue weighted by molar-refractivity contribution is 7.99. The van der Waals surface area contributed by atoms with Gasteiger partial charge in [0.2, 0.25) is 5.89 Å². The molecule has 1 aromatic heterocycles. The van der Waals surface area contributed by atoms with Gasteiger partial charge in [-0.3, -0.25) is 0 Å². The maximum absolute atomic E-state index is 9.62. The molecule has 0 saturated carbocycles. The monoisotopic (exact) mass is 316 g/mol. The summed E-state index contributed by atoms with van der Waals surface area (Å²) in [5.74, 6) is 0.933. The van der Waals surface area contributed by atoms with E-state index in [2.05, 4.69) is 16.3 Å². The highest BCUT2D eigenvalue weighted by atomic mass is 32.2. The summed E-state index contributed by atoms with van der Waals surface area (Å²) in [5.41, 5.74) is 0.885. The van der Waals surface area contributed by atoms with Gasteiger partial charge in [-0.15, -0.1) is 10.2 Å². The van der Waals surface area contributed by atoms with E-state index in [-0.39, 0.29) is 0 Å². The van der Waals surface area contributed by atoms with Crippen LogP contribution >= 0.6 is 11.8 Å². The third-order valence-corrected chi connectivity index (χ3v) is 4.12. The Hall–Kier alpha value is -1.89. The fourth-order valence-corrected chi connectivity index (χ4v) is 2.78. The van der Waals surface area contributed by atoms with E-state index in [1.165, 1.54) is 17.1 Å². The van der Waals surface area contributed by atoms with E-state index in [0.717, 1.165) is 10.9 Å². The van der Waals surface area contributed by atoms with Crippen LogP contribution in [-0.4, -0.2) is 40.9 Å². The number of benzene rings is 2. The second kappa shape index (κ2) is 6.91. The van der Waals surface area contributed by atoms with E-state index < -0.39 is 6.10 Å². The molecule has 0 saturated heterocycles. The zero-order valence-electron chi connectivity index (χ0n) is 12.1. The largest absolute Gasteiger partial charge is 0.411 e. The minimum atomic E-state index is -0.550. The maximum Gasteiger partial charge on any atom is 0.276 e. The number of methoxy groups -OCH3 is 1. The summed E-state index contributed by atoms with van der Waals surface area (Å²) in [6.07, 6.45) is -0.550. The Kier molecular flexibility index (Phi) is 4.72. The minimum absolute atomic E-state index is 0.290. The first-order valence-electron chi connectivity index (χ1n) is 6.89. The molecule has 1 atom stereocenters. The first kappa shape index (κ1) is 15.0. The Labute approximate surface area is 132 Å². The highest BCUT2D eigenvalue weighted by Crippen LogP contribution is 2.26. The second-order valence-electron chi connectivity index (χ2n) is 4.86. The van der Waals surface area contributed by atoms with Crippen LogP contribution in [0.4, 0.5) is 0 Å². The summed E-state index contributed by atoms with van der Waals surface area (Å²) in [4.78, 5) is 0. The van der Waals surface area contributed by atoms with Crippen molar-refractivity contribution >= 4 is 22.5 Å². The van der Waals surface area contributed by atoms with Crippen molar-refractivity contribution in [3.05, 3.63) is 42.5 Å². The van der Waals surface area contributed by atoms with Gasteiger partial charge >= 0.3 is 0 Å². The van der Waals surface area contributed by atoms with Crippen LogP contribution in [0.25, 0.3) is 22.2 Å². The number of thioether (sulfide) groups is 1. The van der Waals surface area contributed by atoms with Crippen LogP contribution in [0.15, 0.2) is 52.1 Å². The quantitative estimate of drug-likeness (QED) is 0.705. The molecule has 2 aromatic carbocycles. The van der Waals surface area contributed by atoms with Crippen molar-refractivity contribution in [3.63, 3.8) is 0 Å². The van der Waals surface area contributed by atoms with Crippen molar-refractivity contribution in [3.8, 4) is 11.5 Å². The number of aliphatic hydroxyl groups is 1. The SMILES string of the molecule is COC[C@@H](O)CSc1nnc(-c2ccc3ccccc3c2)o1. The molecule has 0 fully saturated rings. The second-order valence-corrected chi connectivity index (χ2v) is 5.83. The molecule has 114 valence electrons. The van der Waals surface area contributed by atoms with Gasteiger partial charge in [-0.05, 0) is 22.9 Å². The number of aromatic nitrogens is 2. The molecule has 0 aliphatic rings. The summed E-state index contributed by atoms with van der Waals surface area (Å²) in [5, 5.41) is 20.4. The van der Waals surface area contributed by atoms with E-state index in [1.807, 2.05) is 36.4 Å².